The summed E-state index contributed by atoms with van der Waals surface area (Å²) in [5, 5.41) is 6.76. The topological polar surface area (TPSA) is 82.2 Å². The van der Waals surface area contributed by atoms with Crippen LogP contribution in [0.15, 0.2) is 6.20 Å². The second-order valence-corrected chi connectivity index (χ2v) is 3.75. The first-order chi connectivity index (χ1) is 7.56. The molecule has 3 N–H and O–H groups in total. The number of carbonyl (C=O) groups is 1. The van der Waals surface area contributed by atoms with Crippen molar-refractivity contribution in [3.05, 3.63) is 11.8 Å². The highest BCUT2D eigenvalue weighted by Gasteiger charge is 2.14. The Kier molecular flexibility index (Phi) is 4.30. The molecule has 1 aromatic rings. The number of ether oxygens (including phenoxy) is 1. The fourth-order valence-electron chi connectivity index (χ4n) is 1.21. The number of hydrogen-bond acceptors (Lipinski definition) is 4. The SMILES string of the molecule is COCCNC(=O)c1cn(C(C)C)nc1N. The van der Waals surface area contributed by atoms with Gasteiger partial charge < -0.3 is 15.8 Å². The lowest BCUT2D eigenvalue weighted by Crippen LogP contribution is -2.27. The van der Waals surface area contributed by atoms with Crippen molar-refractivity contribution in [1.82, 2.24) is 15.1 Å². The van der Waals surface area contributed by atoms with E-state index in [9.17, 15) is 4.79 Å². The molecule has 0 saturated carbocycles. The molecular weight excluding hydrogens is 208 g/mol. The molecule has 90 valence electrons. The van der Waals surface area contributed by atoms with Crippen LogP contribution < -0.4 is 11.1 Å². The van der Waals surface area contributed by atoms with E-state index in [1.165, 1.54) is 0 Å². The van der Waals surface area contributed by atoms with Crippen LogP contribution in [0.2, 0.25) is 0 Å². The van der Waals surface area contributed by atoms with Gasteiger partial charge in [-0.3, -0.25) is 9.48 Å². The highest BCUT2D eigenvalue weighted by molar-refractivity contribution is 5.98. The Morgan fingerprint density at radius 3 is 2.88 bits per heavy atom. The predicted octanol–water partition coefficient (Wildman–Crippen LogP) is 0.422. The second-order valence-electron chi connectivity index (χ2n) is 3.75. The van der Waals surface area contributed by atoms with Gasteiger partial charge in [-0.1, -0.05) is 0 Å². The summed E-state index contributed by atoms with van der Waals surface area (Å²) in [7, 11) is 1.58. The molecule has 0 spiro atoms. The van der Waals surface area contributed by atoms with E-state index in [0.29, 0.717) is 18.7 Å². The van der Waals surface area contributed by atoms with E-state index >= 15 is 0 Å². The Morgan fingerprint density at radius 2 is 2.38 bits per heavy atom. The Balaban J connectivity index is 2.68. The molecule has 0 atom stereocenters. The lowest BCUT2D eigenvalue weighted by atomic mass is 10.3. The minimum Gasteiger partial charge on any atom is -0.383 e. The first-order valence-corrected chi connectivity index (χ1v) is 5.18. The average Bonchev–Trinajstić information content (AvgIpc) is 2.61. The number of anilines is 1. The van der Waals surface area contributed by atoms with Crippen LogP contribution in [-0.4, -0.2) is 35.9 Å². The minimum absolute atomic E-state index is 0.183. The van der Waals surface area contributed by atoms with Gasteiger partial charge in [-0.15, -0.1) is 0 Å². The van der Waals surface area contributed by atoms with Gasteiger partial charge >= 0.3 is 0 Å². The van der Waals surface area contributed by atoms with Crippen molar-refractivity contribution >= 4 is 11.7 Å². The van der Waals surface area contributed by atoms with Gasteiger partial charge in [-0.05, 0) is 13.8 Å². The van der Waals surface area contributed by atoms with Crippen molar-refractivity contribution < 1.29 is 9.53 Å². The number of amides is 1. The molecular formula is C10H18N4O2. The van der Waals surface area contributed by atoms with Crippen LogP contribution in [0.1, 0.15) is 30.2 Å². The minimum atomic E-state index is -0.221. The van der Waals surface area contributed by atoms with Gasteiger partial charge in [-0.25, -0.2) is 0 Å². The van der Waals surface area contributed by atoms with Crippen molar-refractivity contribution in [1.29, 1.82) is 0 Å². The Hall–Kier alpha value is -1.56. The number of aromatic nitrogens is 2. The number of methoxy groups -OCH3 is 1. The molecule has 0 fully saturated rings. The van der Waals surface area contributed by atoms with Gasteiger partial charge in [0, 0.05) is 25.9 Å². The maximum atomic E-state index is 11.7. The smallest absolute Gasteiger partial charge is 0.256 e. The van der Waals surface area contributed by atoms with Gasteiger partial charge in [-0.2, -0.15) is 5.10 Å². The zero-order chi connectivity index (χ0) is 12.1. The molecule has 0 aromatic carbocycles. The molecule has 0 radical (unpaired) electrons. The summed E-state index contributed by atoms with van der Waals surface area (Å²) < 4.78 is 6.50. The summed E-state index contributed by atoms with van der Waals surface area (Å²) >= 11 is 0. The summed E-state index contributed by atoms with van der Waals surface area (Å²) in [4.78, 5) is 11.7. The molecule has 16 heavy (non-hydrogen) atoms. The quantitative estimate of drug-likeness (QED) is 0.713. The Labute approximate surface area is 94.8 Å². The van der Waals surface area contributed by atoms with E-state index in [0.717, 1.165) is 0 Å². The molecule has 0 aliphatic heterocycles. The number of nitrogens with zero attached hydrogens (tertiary/aromatic N) is 2. The predicted molar refractivity (Wildman–Crippen MR) is 61.2 cm³/mol. The summed E-state index contributed by atoms with van der Waals surface area (Å²) in [6.07, 6.45) is 1.65. The normalized spacial score (nSPS) is 10.8. The van der Waals surface area contributed by atoms with Crippen molar-refractivity contribution in [2.24, 2.45) is 0 Å². The summed E-state index contributed by atoms with van der Waals surface area (Å²) in [6.45, 7) is 4.88. The van der Waals surface area contributed by atoms with E-state index in [1.807, 2.05) is 13.8 Å². The molecule has 1 rings (SSSR count). The van der Waals surface area contributed by atoms with Crippen molar-refractivity contribution in [2.45, 2.75) is 19.9 Å². The lowest BCUT2D eigenvalue weighted by Gasteiger charge is -2.03. The van der Waals surface area contributed by atoms with Crippen LogP contribution in [0.25, 0.3) is 0 Å². The Morgan fingerprint density at radius 1 is 1.69 bits per heavy atom. The fourth-order valence-corrected chi connectivity index (χ4v) is 1.21. The van der Waals surface area contributed by atoms with Crippen LogP contribution >= 0.6 is 0 Å². The number of nitrogens with two attached hydrogens (primary N) is 1. The first-order valence-electron chi connectivity index (χ1n) is 5.18. The molecule has 1 heterocycles. The number of carbonyl (C=O) groups excluding carboxylic acids is 1. The third-order valence-electron chi connectivity index (χ3n) is 2.13. The number of rotatable bonds is 5. The van der Waals surface area contributed by atoms with Gasteiger partial charge in [0.2, 0.25) is 0 Å². The molecule has 6 heteroatoms. The van der Waals surface area contributed by atoms with Crippen LogP contribution in [0, 0.1) is 0 Å². The zero-order valence-corrected chi connectivity index (χ0v) is 9.86. The second kappa shape index (κ2) is 5.50. The van der Waals surface area contributed by atoms with Crippen LogP contribution in [0.5, 0.6) is 0 Å². The van der Waals surface area contributed by atoms with E-state index < -0.39 is 0 Å². The van der Waals surface area contributed by atoms with Crippen molar-refractivity contribution in [3.8, 4) is 0 Å². The standard InChI is InChI=1S/C10H18N4O2/c1-7(2)14-6-8(9(11)13-14)10(15)12-4-5-16-3/h6-7H,4-5H2,1-3H3,(H2,11,13)(H,12,15). The van der Waals surface area contributed by atoms with E-state index in [4.69, 9.17) is 10.5 Å². The maximum Gasteiger partial charge on any atom is 0.256 e. The summed E-state index contributed by atoms with van der Waals surface area (Å²) in [5.74, 6) is 0.0325. The highest BCUT2D eigenvalue weighted by atomic mass is 16.5. The monoisotopic (exact) mass is 226 g/mol. The number of hydrogen-bond donors (Lipinski definition) is 2. The third-order valence-corrected chi connectivity index (χ3v) is 2.13. The van der Waals surface area contributed by atoms with Gasteiger partial charge in [0.25, 0.3) is 5.91 Å². The van der Waals surface area contributed by atoms with E-state index in [2.05, 4.69) is 10.4 Å². The van der Waals surface area contributed by atoms with Gasteiger partial charge in [0.1, 0.15) is 5.56 Å². The average molecular weight is 226 g/mol. The Bertz CT molecular complexity index is 360. The van der Waals surface area contributed by atoms with E-state index in [1.54, 1.807) is 18.0 Å². The van der Waals surface area contributed by atoms with Crippen LogP contribution in [0.3, 0.4) is 0 Å². The molecule has 0 aliphatic carbocycles. The van der Waals surface area contributed by atoms with Crippen LogP contribution in [-0.2, 0) is 4.74 Å². The van der Waals surface area contributed by atoms with Crippen molar-refractivity contribution in [2.75, 3.05) is 26.0 Å². The molecule has 6 nitrogen and oxygen atoms in total. The van der Waals surface area contributed by atoms with E-state index in [-0.39, 0.29) is 17.8 Å². The highest BCUT2D eigenvalue weighted by Crippen LogP contribution is 2.12. The molecule has 0 saturated heterocycles. The molecule has 1 aromatic heterocycles. The summed E-state index contributed by atoms with van der Waals surface area (Å²) in [5.41, 5.74) is 6.07. The largest absolute Gasteiger partial charge is 0.383 e. The summed E-state index contributed by atoms with van der Waals surface area (Å²) in [6, 6.07) is 0.183. The lowest BCUT2D eigenvalue weighted by molar-refractivity contribution is 0.0938. The maximum absolute atomic E-state index is 11.7. The van der Waals surface area contributed by atoms with Gasteiger partial charge in [0.05, 0.1) is 6.61 Å². The van der Waals surface area contributed by atoms with Crippen molar-refractivity contribution in [3.63, 3.8) is 0 Å². The van der Waals surface area contributed by atoms with Crippen LogP contribution in [0.4, 0.5) is 5.82 Å². The van der Waals surface area contributed by atoms with Gasteiger partial charge in [0.15, 0.2) is 5.82 Å². The first kappa shape index (κ1) is 12.5. The zero-order valence-electron chi connectivity index (χ0n) is 9.86. The fraction of sp³-hybridized carbons (Fsp3) is 0.600. The molecule has 0 unspecified atom stereocenters. The number of nitrogens with one attached hydrogen (secondary N) is 1. The number of nitrogen functional groups attached to an aromatic ring is 1. The molecule has 0 aliphatic rings. The third kappa shape index (κ3) is 2.96. The molecule has 0 bridgehead atoms. The molecule has 1 amide bonds.